The number of nitrogens with one attached hydrogen (secondary N) is 1. The lowest BCUT2D eigenvalue weighted by Crippen LogP contribution is -1.99. The highest BCUT2D eigenvalue weighted by Gasteiger charge is 2.16. The standard InChI is InChI=1S/C18H15ClN2O3S/c19-13-5-3-12(4-6-13)17-15(9-16(23)24)25-18(21-17)20-10-11-1-7-14(22)8-2-11/h1-8,22H,9-10H2,(H,20,21)(H,23,24). The number of halogens is 1. The first-order chi connectivity index (χ1) is 12.0. The molecule has 0 saturated heterocycles. The first kappa shape index (κ1) is 17.3. The molecular weight excluding hydrogens is 360 g/mol. The number of nitrogens with zero attached hydrogens (tertiary/aromatic N) is 1. The van der Waals surface area contributed by atoms with Crippen molar-refractivity contribution in [3.05, 3.63) is 64.0 Å². The lowest BCUT2D eigenvalue weighted by Gasteiger charge is -2.03. The van der Waals surface area contributed by atoms with E-state index in [0.717, 1.165) is 11.1 Å². The van der Waals surface area contributed by atoms with Crippen LogP contribution in [0.1, 0.15) is 10.4 Å². The van der Waals surface area contributed by atoms with Crippen LogP contribution in [-0.2, 0) is 17.8 Å². The number of thiazole rings is 1. The molecule has 0 bridgehead atoms. The van der Waals surface area contributed by atoms with Crippen molar-refractivity contribution in [2.75, 3.05) is 5.32 Å². The summed E-state index contributed by atoms with van der Waals surface area (Å²) < 4.78 is 0. The maximum Gasteiger partial charge on any atom is 0.308 e. The monoisotopic (exact) mass is 374 g/mol. The van der Waals surface area contributed by atoms with Gasteiger partial charge in [-0.2, -0.15) is 0 Å². The molecule has 0 radical (unpaired) electrons. The Morgan fingerprint density at radius 3 is 2.44 bits per heavy atom. The van der Waals surface area contributed by atoms with E-state index in [4.69, 9.17) is 16.7 Å². The summed E-state index contributed by atoms with van der Waals surface area (Å²) in [6, 6.07) is 14.0. The second-order valence-corrected chi connectivity index (χ2v) is 6.91. The minimum Gasteiger partial charge on any atom is -0.508 e. The van der Waals surface area contributed by atoms with E-state index in [1.54, 1.807) is 24.3 Å². The van der Waals surface area contributed by atoms with Crippen LogP contribution in [0.15, 0.2) is 48.5 Å². The number of anilines is 1. The first-order valence-corrected chi connectivity index (χ1v) is 8.70. The van der Waals surface area contributed by atoms with Gasteiger partial charge < -0.3 is 15.5 Å². The molecule has 0 atom stereocenters. The predicted molar refractivity (Wildman–Crippen MR) is 99.3 cm³/mol. The van der Waals surface area contributed by atoms with Gasteiger partial charge in [0.1, 0.15) is 5.75 Å². The highest BCUT2D eigenvalue weighted by molar-refractivity contribution is 7.16. The Labute approximate surface area is 153 Å². The van der Waals surface area contributed by atoms with Crippen molar-refractivity contribution >= 4 is 34.0 Å². The van der Waals surface area contributed by atoms with Crippen LogP contribution in [-0.4, -0.2) is 21.2 Å². The summed E-state index contributed by atoms with van der Waals surface area (Å²) in [4.78, 5) is 16.4. The van der Waals surface area contributed by atoms with Gasteiger partial charge in [0.15, 0.2) is 5.13 Å². The fourth-order valence-corrected chi connectivity index (χ4v) is 3.41. The molecule has 0 aliphatic carbocycles. The maximum absolute atomic E-state index is 11.1. The molecule has 0 spiro atoms. The third-order valence-electron chi connectivity index (χ3n) is 3.51. The van der Waals surface area contributed by atoms with Crippen molar-refractivity contribution < 1.29 is 15.0 Å². The fraction of sp³-hybridized carbons (Fsp3) is 0.111. The Hall–Kier alpha value is -2.57. The van der Waals surface area contributed by atoms with Gasteiger partial charge in [0.25, 0.3) is 0 Å². The molecule has 0 aliphatic heterocycles. The molecule has 0 aliphatic rings. The Bertz CT molecular complexity index is 876. The maximum atomic E-state index is 11.1. The molecule has 5 nitrogen and oxygen atoms in total. The van der Waals surface area contributed by atoms with Crippen molar-refractivity contribution in [3.63, 3.8) is 0 Å². The van der Waals surface area contributed by atoms with Crippen LogP contribution in [0.4, 0.5) is 5.13 Å². The van der Waals surface area contributed by atoms with Crippen molar-refractivity contribution in [2.24, 2.45) is 0 Å². The summed E-state index contributed by atoms with van der Waals surface area (Å²) in [5.74, 6) is -0.685. The number of phenolic OH excluding ortho intramolecular Hbond substituents is 1. The number of aliphatic carboxylic acids is 1. The molecule has 0 unspecified atom stereocenters. The van der Waals surface area contributed by atoms with Crippen molar-refractivity contribution in [1.29, 1.82) is 0 Å². The number of carboxylic acid groups (broad SMARTS) is 1. The zero-order valence-corrected chi connectivity index (χ0v) is 14.6. The van der Waals surface area contributed by atoms with Gasteiger partial charge in [-0.1, -0.05) is 35.9 Å². The van der Waals surface area contributed by atoms with Gasteiger partial charge in [-0.25, -0.2) is 4.98 Å². The van der Waals surface area contributed by atoms with E-state index in [0.29, 0.717) is 27.3 Å². The SMILES string of the molecule is O=C(O)Cc1sc(NCc2ccc(O)cc2)nc1-c1ccc(Cl)cc1. The number of phenols is 1. The first-order valence-electron chi connectivity index (χ1n) is 7.50. The molecule has 0 amide bonds. The molecule has 2 aromatic carbocycles. The van der Waals surface area contributed by atoms with Gasteiger partial charge in [-0.05, 0) is 29.8 Å². The second-order valence-electron chi connectivity index (χ2n) is 5.39. The zero-order chi connectivity index (χ0) is 17.8. The lowest BCUT2D eigenvalue weighted by atomic mass is 10.1. The summed E-state index contributed by atoms with van der Waals surface area (Å²) >= 11 is 7.24. The lowest BCUT2D eigenvalue weighted by molar-refractivity contribution is -0.136. The van der Waals surface area contributed by atoms with E-state index in [2.05, 4.69) is 10.3 Å². The van der Waals surface area contributed by atoms with E-state index in [-0.39, 0.29) is 12.2 Å². The molecule has 25 heavy (non-hydrogen) atoms. The number of carbonyl (C=O) groups is 1. The number of carboxylic acids is 1. The summed E-state index contributed by atoms with van der Waals surface area (Å²) in [7, 11) is 0. The van der Waals surface area contributed by atoms with Gasteiger partial charge >= 0.3 is 5.97 Å². The van der Waals surface area contributed by atoms with E-state index in [1.165, 1.54) is 11.3 Å². The van der Waals surface area contributed by atoms with Crippen LogP contribution < -0.4 is 5.32 Å². The zero-order valence-electron chi connectivity index (χ0n) is 13.1. The van der Waals surface area contributed by atoms with Crippen LogP contribution in [0.2, 0.25) is 5.02 Å². The Morgan fingerprint density at radius 2 is 1.80 bits per heavy atom. The van der Waals surface area contributed by atoms with Gasteiger partial charge in [0.2, 0.25) is 0 Å². The number of benzene rings is 2. The third kappa shape index (κ3) is 4.49. The van der Waals surface area contributed by atoms with Gasteiger partial charge in [0, 0.05) is 22.0 Å². The van der Waals surface area contributed by atoms with E-state index in [9.17, 15) is 9.90 Å². The quantitative estimate of drug-likeness (QED) is 0.595. The van der Waals surface area contributed by atoms with Gasteiger partial charge in [0.05, 0.1) is 12.1 Å². The van der Waals surface area contributed by atoms with E-state index in [1.807, 2.05) is 24.3 Å². The number of aromatic hydroxyl groups is 1. The number of aromatic nitrogens is 1. The molecule has 7 heteroatoms. The molecule has 128 valence electrons. The van der Waals surface area contributed by atoms with Crippen LogP contribution in [0.3, 0.4) is 0 Å². The predicted octanol–water partition coefficient (Wildman–Crippen LogP) is 4.41. The average molecular weight is 375 g/mol. The normalized spacial score (nSPS) is 10.6. The smallest absolute Gasteiger partial charge is 0.308 e. The highest BCUT2D eigenvalue weighted by atomic mass is 35.5. The second kappa shape index (κ2) is 7.55. The molecule has 3 aromatic rings. The van der Waals surface area contributed by atoms with Crippen LogP contribution in [0.25, 0.3) is 11.3 Å². The Balaban J connectivity index is 1.83. The van der Waals surface area contributed by atoms with Gasteiger partial charge in [-0.3, -0.25) is 4.79 Å². The molecular formula is C18H15ClN2O3S. The molecule has 3 N–H and O–H groups in total. The summed E-state index contributed by atoms with van der Waals surface area (Å²) in [5.41, 5.74) is 2.47. The molecule has 3 rings (SSSR count). The fourth-order valence-electron chi connectivity index (χ4n) is 2.31. The minimum absolute atomic E-state index is 0.0868. The largest absolute Gasteiger partial charge is 0.508 e. The van der Waals surface area contributed by atoms with Crippen LogP contribution in [0, 0.1) is 0 Å². The number of rotatable bonds is 6. The summed E-state index contributed by atoms with van der Waals surface area (Å²) in [5, 5.41) is 22.9. The van der Waals surface area contributed by atoms with E-state index >= 15 is 0 Å². The summed E-state index contributed by atoms with van der Waals surface area (Å²) in [6.07, 6.45) is -0.0868. The van der Waals surface area contributed by atoms with Crippen molar-refractivity contribution in [2.45, 2.75) is 13.0 Å². The van der Waals surface area contributed by atoms with Crippen LogP contribution in [0.5, 0.6) is 5.75 Å². The molecule has 0 fully saturated rings. The number of hydrogen-bond donors (Lipinski definition) is 3. The highest BCUT2D eigenvalue weighted by Crippen LogP contribution is 2.32. The minimum atomic E-state index is -0.899. The van der Waals surface area contributed by atoms with E-state index < -0.39 is 5.97 Å². The van der Waals surface area contributed by atoms with Crippen LogP contribution >= 0.6 is 22.9 Å². The molecule has 1 aromatic heterocycles. The molecule has 1 heterocycles. The topological polar surface area (TPSA) is 82.5 Å². The molecule has 0 saturated carbocycles. The Kier molecular flexibility index (Phi) is 5.21. The average Bonchev–Trinajstić information content (AvgIpc) is 2.97. The van der Waals surface area contributed by atoms with Crippen molar-refractivity contribution in [1.82, 2.24) is 4.98 Å². The third-order valence-corrected chi connectivity index (χ3v) is 4.77. The van der Waals surface area contributed by atoms with Gasteiger partial charge in [-0.15, -0.1) is 11.3 Å². The Morgan fingerprint density at radius 1 is 1.12 bits per heavy atom. The number of hydrogen-bond acceptors (Lipinski definition) is 5. The summed E-state index contributed by atoms with van der Waals surface area (Å²) in [6.45, 7) is 0.528. The van der Waals surface area contributed by atoms with Crippen molar-refractivity contribution in [3.8, 4) is 17.0 Å².